The summed E-state index contributed by atoms with van der Waals surface area (Å²) in [6, 6.07) is 12.5. The molecule has 2 aromatic carbocycles. The van der Waals surface area contributed by atoms with E-state index >= 15 is 0 Å². The molecule has 0 amide bonds. The molecule has 0 unspecified atom stereocenters. The first-order valence-electron chi connectivity index (χ1n) is 6.13. The van der Waals surface area contributed by atoms with Crippen molar-refractivity contribution in [3.8, 4) is 5.75 Å². The Morgan fingerprint density at radius 3 is 2.67 bits per heavy atom. The van der Waals surface area contributed by atoms with Crippen molar-refractivity contribution in [2.45, 2.75) is 6.61 Å². The van der Waals surface area contributed by atoms with Gasteiger partial charge < -0.3 is 9.84 Å². The van der Waals surface area contributed by atoms with Crippen LogP contribution in [-0.4, -0.2) is 11.1 Å². The maximum Gasteiger partial charge on any atom is 0.328 e. The number of benzene rings is 2. The predicted octanol–water partition coefficient (Wildman–Crippen LogP) is 4.67. The van der Waals surface area contributed by atoms with E-state index < -0.39 is 5.97 Å². The van der Waals surface area contributed by atoms with E-state index in [0.29, 0.717) is 15.8 Å². The van der Waals surface area contributed by atoms with Gasteiger partial charge in [0.25, 0.3) is 0 Å². The van der Waals surface area contributed by atoms with E-state index in [1.165, 1.54) is 6.08 Å². The topological polar surface area (TPSA) is 46.5 Å². The van der Waals surface area contributed by atoms with Gasteiger partial charge in [-0.1, -0.05) is 53.5 Å². The summed E-state index contributed by atoms with van der Waals surface area (Å²) in [7, 11) is 0. The molecule has 0 bridgehead atoms. The fourth-order valence-electron chi connectivity index (χ4n) is 1.74. The molecule has 0 spiro atoms. The fraction of sp³-hybridized carbons (Fsp3) is 0.0625. The molecule has 108 valence electrons. The molecular weight excluding hydrogens is 311 g/mol. The van der Waals surface area contributed by atoms with E-state index in [9.17, 15) is 4.79 Å². The Morgan fingerprint density at radius 2 is 1.90 bits per heavy atom. The highest BCUT2D eigenvalue weighted by atomic mass is 35.5. The summed E-state index contributed by atoms with van der Waals surface area (Å²) in [5.41, 5.74) is 1.63. The summed E-state index contributed by atoms with van der Waals surface area (Å²) in [6.07, 6.45) is 2.62. The Labute approximate surface area is 132 Å². The maximum atomic E-state index is 10.6. The first-order valence-corrected chi connectivity index (χ1v) is 6.89. The summed E-state index contributed by atoms with van der Waals surface area (Å²) >= 11 is 12.0. The van der Waals surface area contributed by atoms with E-state index in [1.807, 2.05) is 24.3 Å². The Kier molecular flexibility index (Phi) is 5.26. The van der Waals surface area contributed by atoms with E-state index in [1.54, 1.807) is 18.2 Å². The van der Waals surface area contributed by atoms with Crippen LogP contribution in [0.2, 0.25) is 10.0 Å². The average molecular weight is 323 g/mol. The van der Waals surface area contributed by atoms with Crippen molar-refractivity contribution < 1.29 is 14.6 Å². The SMILES string of the molecule is O=C(O)C=Cc1ccccc1COc1cccc(Cl)c1Cl. The fourth-order valence-corrected chi connectivity index (χ4v) is 2.09. The lowest BCUT2D eigenvalue weighted by molar-refractivity contribution is -0.131. The van der Waals surface area contributed by atoms with Gasteiger partial charge in [-0.25, -0.2) is 4.79 Å². The van der Waals surface area contributed by atoms with Crippen LogP contribution in [-0.2, 0) is 11.4 Å². The lowest BCUT2D eigenvalue weighted by Gasteiger charge is -2.10. The first kappa shape index (κ1) is 15.4. The van der Waals surface area contributed by atoms with Crippen molar-refractivity contribution in [3.05, 3.63) is 69.7 Å². The Morgan fingerprint density at radius 1 is 1.14 bits per heavy atom. The number of carboxylic acid groups (broad SMARTS) is 1. The maximum absolute atomic E-state index is 10.6. The van der Waals surface area contributed by atoms with Crippen molar-refractivity contribution in [1.29, 1.82) is 0 Å². The number of aliphatic carboxylic acids is 1. The molecule has 3 nitrogen and oxygen atoms in total. The van der Waals surface area contributed by atoms with E-state index in [4.69, 9.17) is 33.0 Å². The van der Waals surface area contributed by atoms with Gasteiger partial charge in [-0.3, -0.25) is 0 Å². The number of hydrogen-bond donors (Lipinski definition) is 1. The quantitative estimate of drug-likeness (QED) is 0.813. The minimum atomic E-state index is -0.997. The zero-order valence-corrected chi connectivity index (χ0v) is 12.4. The number of carboxylic acids is 1. The molecule has 0 radical (unpaired) electrons. The van der Waals surface area contributed by atoms with Gasteiger partial charge in [-0.2, -0.15) is 0 Å². The van der Waals surface area contributed by atoms with Crippen LogP contribution < -0.4 is 4.74 Å². The molecule has 0 saturated heterocycles. The van der Waals surface area contributed by atoms with Gasteiger partial charge in [0, 0.05) is 6.08 Å². The second kappa shape index (κ2) is 7.16. The number of rotatable bonds is 5. The molecule has 0 fully saturated rings. The van der Waals surface area contributed by atoms with Crippen LogP contribution in [0.3, 0.4) is 0 Å². The largest absolute Gasteiger partial charge is 0.487 e. The van der Waals surface area contributed by atoms with Crippen molar-refractivity contribution in [1.82, 2.24) is 0 Å². The minimum Gasteiger partial charge on any atom is -0.487 e. The highest BCUT2D eigenvalue weighted by molar-refractivity contribution is 6.42. The highest BCUT2D eigenvalue weighted by Crippen LogP contribution is 2.32. The molecule has 0 aliphatic heterocycles. The molecule has 0 aliphatic rings. The van der Waals surface area contributed by atoms with E-state index in [0.717, 1.165) is 17.2 Å². The molecule has 1 N–H and O–H groups in total. The van der Waals surface area contributed by atoms with Crippen LogP contribution >= 0.6 is 23.2 Å². The van der Waals surface area contributed by atoms with E-state index in [-0.39, 0.29) is 6.61 Å². The van der Waals surface area contributed by atoms with Gasteiger partial charge in [-0.15, -0.1) is 0 Å². The monoisotopic (exact) mass is 322 g/mol. The molecule has 0 aliphatic carbocycles. The molecule has 2 rings (SSSR count). The molecule has 0 heterocycles. The normalized spacial score (nSPS) is 10.8. The van der Waals surface area contributed by atoms with Gasteiger partial charge in [0.1, 0.15) is 17.4 Å². The lowest BCUT2D eigenvalue weighted by atomic mass is 10.1. The van der Waals surface area contributed by atoms with Crippen LogP contribution in [0.25, 0.3) is 6.08 Å². The highest BCUT2D eigenvalue weighted by Gasteiger charge is 2.07. The van der Waals surface area contributed by atoms with Crippen molar-refractivity contribution >= 4 is 35.2 Å². The van der Waals surface area contributed by atoms with Crippen molar-refractivity contribution in [2.75, 3.05) is 0 Å². The predicted molar refractivity (Wildman–Crippen MR) is 83.9 cm³/mol. The van der Waals surface area contributed by atoms with Crippen LogP contribution in [0.4, 0.5) is 0 Å². The molecule has 0 saturated carbocycles. The zero-order chi connectivity index (χ0) is 15.2. The van der Waals surface area contributed by atoms with Crippen LogP contribution in [0.5, 0.6) is 5.75 Å². The Balaban J connectivity index is 2.17. The third-order valence-electron chi connectivity index (χ3n) is 2.76. The summed E-state index contributed by atoms with van der Waals surface area (Å²) in [6.45, 7) is 0.264. The molecule has 2 aromatic rings. The Hall–Kier alpha value is -1.97. The number of hydrogen-bond acceptors (Lipinski definition) is 2. The van der Waals surface area contributed by atoms with Gasteiger partial charge in [0.2, 0.25) is 0 Å². The smallest absolute Gasteiger partial charge is 0.328 e. The number of ether oxygens (including phenoxy) is 1. The first-order chi connectivity index (χ1) is 10.1. The van der Waals surface area contributed by atoms with E-state index in [2.05, 4.69) is 0 Å². The lowest BCUT2D eigenvalue weighted by Crippen LogP contribution is -1.98. The third-order valence-corrected chi connectivity index (χ3v) is 3.56. The molecule has 21 heavy (non-hydrogen) atoms. The van der Waals surface area contributed by atoms with Crippen molar-refractivity contribution in [2.24, 2.45) is 0 Å². The second-order valence-corrected chi connectivity index (χ2v) is 5.00. The zero-order valence-electron chi connectivity index (χ0n) is 10.9. The molecule has 0 aromatic heterocycles. The Bertz CT molecular complexity index is 681. The molecule has 5 heteroatoms. The summed E-state index contributed by atoms with van der Waals surface area (Å²) in [4.78, 5) is 10.6. The minimum absolute atomic E-state index is 0.264. The van der Waals surface area contributed by atoms with Crippen LogP contribution in [0, 0.1) is 0 Å². The van der Waals surface area contributed by atoms with Gasteiger partial charge >= 0.3 is 5.97 Å². The molecule has 0 atom stereocenters. The number of halogens is 2. The number of carbonyl (C=O) groups is 1. The van der Waals surface area contributed by atoms with Gasteiger partial charge in [-0.05, 0) is 29.3 Å². The standard InChI is InChI=1S/C16H12Cl2O3/c17-13-6-3-7-14(16(13)18)21-10-12-5-2-1-4-11(12)8-9-15(19)20/h1-9H,10H2,(H,19,20). The summed E-state index contributed by atoms with van der Waals surface area (Å²) in [5.74, 6) is -0.509. The second-order valence-electron chi connectivity index (χ2n) is 4.21. The van der Waals surface area contributed by atoms with Crippen LogP contribution in [0.15, 0.2) is 48.5 Å². The summed E-state index contributed by atoms with van der Waals surface area (Å²) < 4.78 is 5.65. The molecular formula is C16H12Cl2O3. The summed E-state index contributed by atoms with van der Waals surface area (Å²) in [5, 5.41) is 9.47. The van der Waals surface area contributed by atoms with Crippen LogP contribution in [0.1, 0.15) is 11.1 Å². The average Bonchev–Trinajstić information content (AvgIpc) is 2.47. The third kappa shape index (κ3) is 4.25. The van der Waals surface area contributed by atoms with Gasteiger partial charge in [0.15, 0.2) is 0 Å². The van der Waals surface area contributed by atoms with Gasteiger partial charge in [0.05, 0.1) is 5.02 Å². The van der Waals surface area contributed by atoms with Crippen molar-refractivity contribution in [3.63, 3.8) is 0 Å².